The zero-order valence-electron chi connectivity index (χ0n) is 15.9. The topological polar surface area (TPSA) is 76.2 Å². The Bertz CT molecular complexity index is 959. The average molecular weight is 379 g/mol. The van der Waals surface area contributed by atoms with Crippen LogP contribution in [0.3, 0.4) is 0 Å². The van der Waals surface area contributed by atoms with Crippen LogP contribution in [0.5, 0.6) is 0 Å². The van der Waals surface area contributed by atoms with Crippen molar-refractivity contribution >= 4 is 17.2 Å². The Labute approximate surface area is 163 Å². The number of furan rings is 1. The minimum Gasteiger partial charge on any atom is -0.472 e. The molecule has 2 fully saturated rings. The zero-order chi connectivity index (χ0) is 18.9. The number of fused-ring (bicyclic) bond motifs is 1. The number of nitrogens with one attached hydrogen (secondary N) is 1. The van der Waals surface area contributed by atoms with E-state index in [1.54, 1.807) is 18.7 Å². The van der Waals surface area contributed by atoms with Gasteiger partial charge in [-0.3, -0.25) is 0 Å². The molecule has 2 amide bonds. The van der Waals surface area contributed by atoms with Gasteiger partial charge in [-0.15, -0.1) is 0 Å². The number of urea groups is 1. The molecule has 0 bridgehead atoms. The van der Waals surface area contributed by atoms with Crippen molar-refractivity contribution < 1.29 is 9.21 Å². The SMILES string of the molecule is O=C(NC1CCCCC1)N1CC[C@@H](n2c(-c3ccoc3)nc3cccnc32)C1. The molecular weight excluding hydrogens is 354 g/mol. The Morgan fingerprint density at radius 3 is 2.89 bits per heavy atom. The molecular formula is C21H25N5O2. The van der Waals surface area contributed by atoms with Crippen molar-refractivity contribution in [1.82, 2.24) is 24.8 Å². The van der Waals surface area contributed by atoms with Gasteiger partial charge in [-0.1, -0.05) is 19.3 Å². The van der Waals surface area contributed by atoms with Crippen molar-refractivity contribution in [2.45, 2.75) is 50.6 Å². The molecule has 1 saturated heterocycles. The van der Waals surface area contributed by atoms with E-state index in [2.05, 4.69) is 14.9 Å². The Kier molecular flexibility index (Phi) is 4.50. The molecule has 5 rings (SSSR count). The number of carbonyl (C=O) groups is 1. The van der Waals surface area contributed by atoms with Gasteiger partial charge in [-0.2, -0.15) is 0 Å². The quantitative estimate of drug-likeness (QED) is 0.747. The molecule has 1 aliphatic carbocycles. The molecule has 0 unspecified atom stereocenters. The maximum atomic E-state index is 12.8. The summed E-state index contributed by atoms with van der Waals surface area (Å²) in [5, 5.41) is 3.24. The molecule has 3 aromatic heterocycles. The molecule has 0 radical (unpaired) electrons. The van der Waals surface area contributed by atoms with E-state index >= 15 is 0 Å². The van der Waals surface area contributed by atoms with E-state index in [0.29, 0.717) is 12.6 Å². The summed E-state index contributed by atoms with van der Waals surface area (Å²) >= 11 is 0. The maximum Gasteiger partial charge on any atom is 0.317 e. The highest BCUT2D eigenvalue weighted by atomic mass is 16.3. The van der Waals surface area contributed by atoms with Crippen LogP contribution in [0.2, 0.25) is 0 Å². The minimum atomic E-state index is 0.0663. The van der Waals surface area contributed by atoms with Crippen LogP contribution in [0.15, 0.2) is 41.3 Å². The van der Waals surface area contributed by atoms with Gasteiger partial charge in [-0.25, -0.2) is 14.8 Å². The number of amides is 2. The van der Waals surface area contributed by atoms with Crippen LogP contribution >= 0.6 is 0 Å². The standard InChI is InChI=1S/C21H25N5O2/c27-21(23-16-5-2-1-3-6-16)25-11-8-17(13-25)26-19(15-9-12-28-14-15)24-18-7-4-10-22-20(18)26/h4,7,9-10,12,14,16-17H,1-3,5-6,8,11,13H2,(H,23,27)/t17-/m1/s1. The van der Waals surface area contributed by atoms with Crippen LogP contribution < -0.4 is 5.32 Å². The third-order valence-corrected chi connectivity index (χ3v) is 5.98. The monoisotopic (exact) mass is 379 g/mol. The summed E-state index contributed by atoms with van der Waals surface area (Å²) < 4.78 is 7.45. The van der Waals surface area contributed by atoms with Crippen LogP contribution in [0.1, 0.15) is 44.6 Å². The molecule has 2 aliphatic rings. The fourth-order valence-corrected chi connectivity index (χ4v) is 4.52. The highest BCUT2D eigenvalue weighted by Crippen LogP contribution is 2.32. The van der Waals surface area contributed by atoms with E-state index in [1.807, 2.05) is 23.1 Å². The normalized spacial score (nSPS) is 20.7. The lowest BCUT2D eigenvalue weighted by molar-refractivity contribution is 0.199. The Morgan fingerprint density at radius 1 is 1.18 bits per heavy atom. The molecule has 1 saturated carbocycles. The second kappa shape index (κ2) is 7.30. The number of pyridine rings is 1. The van der Waals surface area contributed by atoms with E-state index in [1.165, 1.54) is 19.3 Å². The minimum absolute atomic E-state index is 0.0663. The highest BCUT2D eigenvalue weighted by Gasteiger charge is 2.31. The zero-order valence-corrected chi connectivity index (χ0v) is 15.9. The maximum absolute atomic E-state index is 12.8. The summed E-state index contributed by atoms with van der Waals surface area (Å²) in [7, 11) is 0. The average Bonchev–Trinajstić information content (AvgIpc) is 3.46. The molecule has 0 spiro atoms. The first kappa shape index (κ1) is 17.3. The highest BCUT2D eigenvalue weighted by molar-refractivity contribution is 5.78. The second-order valence-corrected chi connectivity index (χ2v) is 7.84. The summed E-state index contributed by atoms with van der Waals surface area (Å²) in [4.78, 5) is 24.1. The van der Waals surface area contributed by atoms with Crippen molar-refractivity contribution in [3.05, 3.63) is 36.9 Å². The summed E-state index contributed by atoms with van der Waals surface area (Å²) in [5.74, 6) is 0.849. The van der Waals surface area contributed by atoms with Crippen LogP contribution in [0, 0.1) is 0 Å². The van der Waals surface area contributed by atoms with E-state index < -0.39 is 0 Å². The van der Waals surface area contributed by atoms with Crippen molar-refractivity contribution in [3.63, 3.8) is 0 Å². The van der Waals surface area contributed by atoms with E-state index in [9.17, 15) is 4.79 Å². The van der Waals surface area contributed by atoms with Crippen molar-refractivity contribution in [2.75, 3.05) is 13.1 Å². The molecule has 0 aromatic carbocycles. The fourth-order valence-electron chi connectivity index (χ4n) is 4.52. The van der Waals surface area contributed by atoms with Crippen LogP contribution in [0.4, 0.5) is 4.79 Å². The predicted octanol–water partition coefficient (Wildman–Crippen LogP) is 3.98. The lowest BCUT2D eigenvalue weighted by Gasteiger charge is -2.26. The lowest BCUT2D eigenvalue weighted by atomic mass is 9.96. The van der Waals surface area contributed by atoms with Gasteiger partial charge in [0, 0.05) is 25.3 Å². The van der Waals surface area contributed by atoms with Crippen LogP contribution in [-0.2, 0) is 0 Å². The summed E-state index contributed by atoms with van der Waals surface area (Å²) in [6.45, 7) is 1.42. The van der Waals surface area contributed by atoms with Gasteiger partial charge in [-0.05, 0) is 37.5 Å². The van der Waals surface area contributed by atoms with Gasteiger partial charge >= 0.3 is 6.03 Å². The number of likely N-dealkylation sites (tertiary alicyclic amines) is 1. The summed E-state index contributed by atoms with van der Waals surface area (Å²) in [6.07, 6.45) is 12.0. The van der Waals surface area contributed by atoms with Gasteiger partial charge in [0.2, 0.25) is 0 Å². The van der Waals surface area contributed by atoms with Gasteiger partial charge in [0.05, 0.1) is 17.9 Å². The fraction of sp³-hybridized carbons (Fsp3) is 0.476. The molecule has 7 heteroatoms. The van der Waals surface area contributed by atoms with Crippen LogP contribution in [0.25, 0.3) is 22.6 Å². The number of hydrogen-bond donors (Lipinski definition) is 1. The number of carbonyl (C=O) groups excluding carboxylic acids is 1. The number of aromatic nitrogens is 3. The molecule has 4 heterocycles. The van der Waals surface area contributed by atoms with Gasteiger partial charge < -0.3 is 19.2 Å². The number of hydrogen-bond acceptors (Lipinski definition) is 4. The predicted molar refractivity (Wildman–Crippen MR) is 106 cm³/mol. The van der Waals surface area contributed by atoms with Crippen molar-refractivity contribution in [2.24, 2.45) is 0 Å². The number of nitrogens with zero attached hydrogens (tertiary/aromatic N) is 4. The van der Waals surface area contributed by atoms with Gasteiger partial charge in [0.15, 0.2) is 5.65 Å². The third-order valence-electron chi connectivity index (χ3n) is 5.98. The largest absolute Gasteiger partial charge is 0.472 e. The number of rotatable bonds is 3. The van der Waals surface area contributed by atoms with E-state index in [-0.39, 0.29) is 12.1 Å². The lowest BCUT2D eigenvalue weighted by Crippen LogP contribution is -2.44. The molecule has 1 atom stereocenters. The first-order chi connectivity index (χ1) is 13.8. The molecule has 7 nitrogen and oxygen atoms in total. The Balaban J connectivity index is 1.39. The molecule has 3 aromatic rings. The van der Waals surface area contributed by atoms with Crippen molar-refractivity contribution in [3.8, 4) is 11.4 Å². The van der Waals surface area contributed by atoms with Crippen LogP contribution in [-0.4, -0.2) is 44.6 Å². The molecule has 28 heavy (non-hydrogen) atoms. The second-order valence-electron chi connectivity index (χ2n) is 7.84. The Morgan fingerprint density at radius 2 is 2.07 bits per heavy atom. The first-order valence-corrected chi connectivity index (χ1v) is 10.2. The Hall–Kier alpha value is -2.83. The van der Waals surface area contributed by atoms with Crippen molar-refractivity contribution in [1.29, 1.82) is 0 Å². The van der Waals surface area contributed by atoms with Gasteiger partial charge in [0.1, 0.15) is 17.6 Å². The summed E-state index contributed by atoms with van der Waals surface area (Å²) in [6, 6.07) is 6.35. The molecule has 1 aliphatic heterocycles. The third kappa shape index (κ3) is 3.15. The van der Waals surface area contributed by atoms with E-state index in [4.69, 9.17) is 9.40 Å². The van der Waals surface area contributed by atoms with E-state index in [0.717, 1.165) is 48.4 Å². The summed E-state index contributed by atoms with van der Waals surface area (Å²) in [5.41, 5.74) is 2.66. The smallest absolute Gasteiger partial charge is 0.317 e. The number of imidazole rings is 1. The molecule has 146 valence electrons. The first-order valence-electron chi connectivity index (χ1n) is 10.2. The molecule has 1 N–H and O–H groups in total. The van der Waals surface area contributed by atoms with Gasteiger partial charge in [0.25, 0.3) is 0 Å².